The molecule has 0 aliphatic carbocycles. The molecule has 3 nitrogen and oxygen atoms in total. The van der Waals surface area contributed by atoms with Crippen molar-refractivity contribution in [3.05, 3.63) is 35.2 Å². The van der Waals surface area contributed by atoms with Crippen LogP contribution in [0, 0.1) is 0 Å². The van der Waals surface area contributed by atoms with Crippen molar-refractivity contribution >= 4 is 25.5 Å². The number of rotatable bonds is 4. The zero-order chi connectivity index (χ0) is 15.7. The van der Waals surface area contributed by atoms with Gasteiger partial charge in [-0.1, -0.05) is 39.5 Å². The van der Waals surface area contributed by atoms with Gasteiger partial charge in [0, 0.05) is 21.2 Å². The van der Waals surface area contributed by atoms with Crippen molar-refractivity contribution in [2.45, 2.75) is 47.1 Å². The standard InChI is InChI=1S/C8H15NO.C4H4S.C2H6.CH4O.B/c1-5-8(7(4)10)9-6(2)3;1-2-4-5-3-1;2*1-2;/h8-9H,2,5H2,1,3-4H3;1-4H;1-2H3;2H,1H3;/t8-;;;;/m0..../s1. The van der Waals surface area contributed by atoms with Gasteiger partial charge in [-0.2, -0.15) is 11.3 Å². The Bertz CT molecular complexity index is 273. The number of hydrogen-bond donors (Lipinski definition) is 2. The molecule has 0 saturated carbocycles. The third kappa shape index (κ3) is 22.1. The van der Waals surface area contributed by atoms with Crippen molar-refractivity contribution in [2.24, 2.45) is 0 Å². The van der Waals surface area contributed by atoms with E-state index in [9.17, 15) is 4.79 Å². The van der Waals surface area contributed by atoms with Gasteiger partial charge in [-0.3, -0.25) is 4.79 Å². The predicted molar refractivity (Wildman–Crippen MR) is 92.3 cm³/mol. The van der Waals surface area contributed by atoms with Crippen molar-refractivity contribution in [3.8, 4) is 0 Å². The molecule has 0 aliphatic rings. The summed E-state index contributed by atoms with van der Waals surface area (Å²) >= 11 is 1.71. The van der Waals surface area contributed by atoms with Crippen LogP contribution in [-0.4, -0.2) is 32.5 Å². The fraction of sp³-hybridized carbons (Fsp3) is 0.533. The smallest absolute Gasteiger partial charge is 0.151 e. The van der Waals surface area contributed by atoms with E-state index in [1.54, 1.807) is 18.3 Å². The van der Waals surface area contributed by atoms with Crippen molar-refractivity contribution in [1.82, 2.24) is 5.32 Å². The van der Waals surface area contributed by atoms with Crippen LogP contribution in [0.25, 0.3) is 0 Å². The topological polar surface area (TPSA) is 49.3 Å². The maximum Gasteiger partial charge on any atom is 0.151 e. The summed E-state index contributed by atoms with van der Waals surface area (Å²) in [5.74, 6) is 0.172. The highest BCUT2D eigenvalue weighted by Crippen LogP contribution is 1.94. The number of allylic oxidation sites excluding steroid dienone is 1. The first-order chi connectivity index (χ1) is 9.07. The quantitative estimate of drug-likeness (QED) is 0.837. The average molecular weight is 298 g/mol. The summed E-state index contributed by atoms with van der Waals surface area (Å²) in [7, 11) is 1.00. The molecule has 3 radical (unpaired) electrons. The van der Waals surface area contributed by atoms with Crippen LogP contribution < -0.4 is 5.32 Å². The van der Waals surface area contributed by atoms with Crippen LogP contribution in [0.15, 0.2) is 35.2 Å². The lowest BCUT2D eigenvalue weighted by Crippen LogP contribution is -2.32. The SMILES string of the molecule is C=C(C)N[C@@H](CC)C(C)=O.CC.CO.[B].c1ccsc1. The highest BCUT2D eigenvalue weighted by Gasteiger charge is 2.08. The Labute approximate surface area is 130 Å². The summed E-state index contributed by atoms with van der Waals surface area (Å²) in [5, 5.41) is 14.1. The van der Waals surface area contributed by atoms with Gasteiger partial charge >= 0.3 is 0 Å². The first-order valence-electron chi connectivity index (χ1n) is 6.42. The van der Waals surface area contributed by atoms with E-state index in [-0.39, 0.29) is 20.2 Å². The molecule has 0 amide bonds. The Morgan fingerprint density at radius 3 is 1.75 bits per heavy atom. The van der Waals surface area contributed by atoms with Crippen LogP contribution in [0.1, 0.15) is 41.0 Å². The largest absolute Gasteiger partial charge is 0.400 e. The van der Waals surface area contributed by atoms with Gasteiger partial charge in [0.25, 0.3) is 0 Å². The second kappa shape index (κ2) is 23.1. The van der Waals surface area contributed by atoms with Gasteiger partial charge in [0.05, 0.1) is 6.04 Å². The number of carbonyl (C=O) groups is 1. The Morgan fingerprint density at radius 2 is 1.65 bits per heavy atom. The third-order valence-electron chi connectivity index (χ3n) is 1.74. The van der Waals surface area contributed by atoms with E-state index in [0.717, 1.165) is 19.2 Å². The van der Waals surface area contributed by atoms with Crippen molar-refractivity contribution in [3.63, 3.8) is 0 Å². The molecule has 0 bridgehead atoms. The van der Waals surface area contributed by atoms with Crippen LogP contribution in [0.3, 0.4) is 0 Å². The van der Waals surface area contributed by atoms with Gasteiger partial charge in [0.1, 0.15) is 0 Å². The molecule has 1 aromatic rings. The zero-order valence-corrected chi connectivity index (χ0v) is 14.5. The van der Waals surface area contributed by atoms with E-state index >= 15 is 0 Å². The Balaban J connectivity index is -0.000000108. The third-order valence-corrected chi connectivity index (χ3v) is 2.37. The molecule has 0 spiro atoms. The summed E-state index contributed by atoms with van der Waals surface area (Å²) in [5.41, 5.74) is 0.849. The molecular weight excluding hydrogens is 269 g/mol. The first-order valence-corrected chi connectivity index (χ1v) is 7.36. The van der Waals surface area contributed by atoms with E-state index in [0.29, 0.717) is 0 Å². The maximum absolute atomic E-state index is 10.8. The number of Topliss-reactive ketones (excluding diaryl/α,β-unsaturated/α-hetero) is 1. The summed E-state index contributed by atoms with van der Waals surface area (Å²) in [6, 6.07) is 3.99. The van der Waals surface area contributed by atoms with Crippen LogP contribution in [0.2, 0.25) is 0 Å². The highest BCUT2D eigenvalue weighted by molar-refractivity contribution is 7.07. The number of aliphatic hydroxyl groups excluding tert-OH is 1. The van der Waals surface area contributed by atoms with Crippen LogP contribution >= 0.6 is 11.3 Å². The minimum absolute atomic E-state index is 0. The molecule has 0 aromatic carbocycles. The van der Waals surface area contributed by atoms with E-state index in [2.05, 4.69) is 11.9 Å². The van der Waals surface area contributed by atoms with E-state index < -0.39 is 0 Å². The number of ketones is 1. The Kier molecular flexibility index (Phi) is 31.5. The predicted octanol–water partition coefficient (Wildman–Crippen LogP) is 3.48. The van der Waals surface area contributed by atoms with Crippen molar-refractivity contribution < 1.29 is 9.90 Å². The highest BCUT2D eigenvalue weighted by atomic mass is 32.1. The molecule has 0 unspecified atom stereocenters. The number of aliphatic hydroxyl groups is 1. The van der Waals surface area contributed by atoms with Gasteiger partial charge < -0.3 is 10.4 Å². The normalized spacial score (nSPS) is 8.75. The second-order valence-corrected chi connectivity index (χ2v) is 4.11. The van der Waals surface area contributed by atoms with E-state index in [1.807, 2.05) is 50.6 Å². The van der Waals surface area contributed by atoms with Gasteiger partial charge in [0.2, 0.25) is 0 Å². The number of hydrogen-bond acceptors (Lipinski definition) is 4. The Morgan fingerprint density at radius 1 is 1.25 bits per heavy atom. The molecule has 1 heterocycles. The van der Waals surface area contributed by atoms with Crippen molar-refractivity contribution in [1.29, 1.82) is 0 Å². The fourth-order valence-corrected chi connectivity index (χ4v) is 1.47. The average Bonchev–Trinajstić information content (AvgIpc) is 2.99. The first kappa shape index (κ1) is 27.3. The maximum atomic E-state index is 10.8. The van der Waals surface area contributed by atoms with Crippen LogP contribution in [0.4, 0.5) is 0 Å². The van der Waals surface area contributed by atoms with Crippen molar-refractivity contribution in [2.75, 3.05) is 7.11 Å². The van der Waals surface area contributed by atoms with Gasteiger partial charge in [-0.15, -0.1) is 0 Å². The van der Waals surface area contributed by atoms with E-state index in [1.165, 1.54) is 0 Å². The van der Waals surface area contributed by atoms with Gasteiger partial charge in [-0.05, 0) is 31.0 Å². The monoisotopic (exact) mass is 298 g/mol. The molecule has 20 heavy (non-hydrogen) atoms. The molecular formula is C15H29BNO2S. The fourth-order valence-electron chi connectivity index (χ4n) is 1.02. The molecule has 115 valence electrons. The molecule has 2 N–H and O–H groups in total. The molecule has 0 saturated heterocycles. The van der Waals surface area contributed by atoms with Crippen LogP contribution in [0.5, 0.6) is 0 Å². The lowest BCUT2D eigenvalue weighted by atomic mass is 10.1. The second-order valence-electron chi connectivity index (χ2n) is 3.29. The summed E-state index contributed by atoms with van der Waals surface area (Å²) in [6.45, 7) is 13.1. The molecule has 0 aliphatic heterocycles. The minimum Gasteiger partial charge on any atom is -0.400 e. The molecule has 1 atom stereocenters. The lowest BCUT2D eigenvalue weighted by Gasteiger charge is -2.13. The van der Waals surface area contributed by atoms with Crippen LogP contribution in [-0.2, 0) is 4.79 Å². The molecule has 5 heteroatoms. The zero-order valence-electron chi connectivity index (χ0n) is 13.6. The van der Waals surface area contributed by atoms with Gasteiger partial charge in [0.15, 0.2) is 5.78 Å². The molecule has 1 rings (SSSR count). The number of carbonyl (C=O) groups excluding carboxylic acids is 1. The number of nitrogens with one attached hydrogen (secondary N) is 1. The minimum atomic E-state index is -0.0440. The van der Waals surface area contributed by atoms with E-state index in [4.69, 9.17) is 5.11 Å². The number of thiophene rings is 1. The summed E-state index contributed by atoms with van der Waals surface area (Å²) < 4.78 is 0. The molecule has 1 aromatic heterocycles. The summed E-state index contributed by atoms with van der Waals surface area (Å²) in [4.78, 5) is 10.8. The molecule has 0 fully saturated rings. The lowest BCUT2D eigenvalue weighted by molar-refractivity contribution is -0.118. The van der Waals surface area contributed by atoms with Gasteiger partial charge in [-0.25, -0.2) is 0 Å². The summed E-state index contributed by atoms with van der Waals surface area (Å²) in [6.07, 6.45) is 0.822. The Hall–Kier alpha value is -1.07.